The summed E-state index contributed by atoms with van der Waals surface area (Å²) in [7, 11) is 0. The maximum Gasteiger partial charge on any atom is 0.125 e. The molecule has 0 radical (unpaired) electrons. The number of allylic oxidation sites excluding steroid dienone is 2. The number of aliphatic imine (C=N–C) groups is 1. The summed E-state index contributed by atoms with van der Waals surface area (Å²) in [5.74, 6) is -0.460. The SMILES string of the molecule is N#CC1C(=S)N=C(c2ccccc2)C=C1/C=C/c1cccs1. The van der Waals surface area contributed by atoms with Gasteiger partial charge in [0, 0.05) is 10.4 Å². The Labute approximate surface area is 138 Å². The minimum Gasteiger partial charge on any atom is -0.239 e. The van der Waals surface area contributed by atoms with Crippen LogP contribution in [-0.2, 0) is 0 Å². The summed E-state index contributed by atoms with van der Waals surface area (Å²) in [4.78, 5) is 5.99. The summed E-state index contributed by atoms with van der Waals surface area (Å²) in [5, 5.41) is 11.4. The standard InChI is InChI=1S/C18H12N2S2/c19-12-16-14(8-9-15-7-4-10-22-15)11-17(20-18(16)21)13-5-2-1-3-6-13/h1-11,16H/b9-8+. The molecule has 0 amide bonds. The third-order valence-electron chi connectivity index (χ3n) is 3.30. The van der Waals surface area contributed by atoms with E-state index < -0.39 is 5.92 Å². The molecule has 0 N–H and O–H groups in total. The predicted octanol–water partition coefficient (Wildman–Crippen LogP) is 4.66. The predicted molar refractivity (Wildman–Crippen MR) is 96.1 cm³/mol. The topological polar surface area (TPSA) is 36.1 Å². The van der Waals surface area contributed by atoms with Crippen molar-refractivity contribution in [1.82, 2.24) is 0 Å². The molecule has 0 saturated carbocycles. The first-order valence-corrected chi connectivity index (χ1v) is 8.07. The third kappa shape index (κ3) is 3.11. The van der Waals surface area contributed by atoms with E-state index in [-0.39, 0.29) is 0 Å². The van der Waals surface area contributed by atoms with Gasteiger partial charge in [0.1, 0.15) is 10.9 Å². The van der Waals surface area contributed by atoms with Crippen molar-refractivity contribution in [3.63, 3.8) is 0 Å². The van der Waals surface area contributed by atoms with E-state index in [2.05, 4.69) is 11.1 Å². The van der Waals surface area contributed by atoms with Crippen molar-refractivity contribution < 1.29 is 0 Å². The van der Waals surface area contributed by atoms with E-state index in [1.54, 1.807) is 11.3 Å². The van der Waals surface area contributed by atoms with Crippen LogP contribution in [0.4, 0.5) is 0 Å². The van der Waals surface area contributed by atoms with Crippen molar-refractivity contribution in [3.8, 4) is 6.07 Å². The van der Waals surface area contributed by atoms with E-state index in [9.17, 15) is 5.26 Å². The second kappa shape index (κ2) is 6.61. The van der Waals surface area contributed by atoms with E-state index in [0.29, 0.717) is 4.99 Å². The second-order valence-corrected chi connectivity index (χ2v) is 6.15. The maximum atomic E-state index is 9.37. The van der Waals surface area contributed by atoms with Gasteiger partial charge in [-0.3, -0.25) is 0 Å². The number of dihydropyridines is 1. The van der Waals surface area contributed by atoms with Crippen LogP contribution in [0.1, 0.15) is 10.4 Å². The molecule has 106 valence electrons. The summed E-state index contributed by atoms with van der Waals surface area (Å²) in [6.07, 6.45) is 5.92. The second-order valence-electron chi connectivity index (χ2n) is 4.76. The molecule has 0 aliphatic carbocycles. The Morgan fingerprint density at radius 3 is 2.64 bits per heavy atom. The van der Waals surface area contributed by atoms with Crippen LogP contribution in [0, 0.1) is 17.2 Å². The van der Waals surface area contributed by atoms with Crippen LogP contribution in [0.25, 0.3) is 6.08 Å². The van der Waals surface area contributed by atoms with Crippen LogP contribution in [0.5, 0.6) is 0 Å². The highest BCUT2D eigenvalue weighted by molar-refractivity contribution is 7.80. The van der Waals surface area contributed by atoms with Crippen LogP contribution in [0.3, 0.4) is 0 Å². The molecule has 1 aliphatic heterocycles. The Balaban J connectivity index is 1.97. The first kappa shape index (κ1) is 14.6. The first-order valence-electron chi connectivity index (χ1n) is 6.78. The average molecular weight is 320 g/mol. The van der Waals surface area contributed by atoms with Crippen LogP contribution in [0.2, 0.25) is 0 Å². The Kier molecular flexibility index (Phi) is 4.38. The van der Waals surface area contributed by atoms with Gasteiger partial charge in [-0.05, 0) is 29.2 Å². The molecule has 3 rings (SSSR count). The normalized spacial score (nSPS) is 18.0. The molecule has 2 nitrogen and oxygen atoms in total. The molecule has 22 heavy (non-hydrogen) atoms. The van der Waals surface area contributed by atoms with E-state index >= 15 is 0 Å². The number of hydrogen-bond acceptors (Lipinski definition) is 3. The number of thiocarbonyl (C=S) groups is 1. The Morgan fingerprint density at radius 2 is 1.95 bits per heavy atom. The molecular weight excluding hydrogens is 308 g/mol. The van der Waals surface area contributed by atoms with Crippen molar-refractivity contribution in [3.05, 3.63) is 76.0 Å². The molecule has 0 fully saturated rings. The van der Waals surface area contributed by atoms with Crippen LogP contribution in [-0.4, -0.2) is 10.7 Å². The minimum atomic E-state index is -0.460. The highest BCUT2D eigenvalue weighted by Gasteiger charge is 2.22. The fourth-order valence-corrected chi connectivity index (χ4v) is 3.10. The van der Waals surface area contributed by atoms with Crippen molar-refractivity contribution in [2.45, 2.75) is 0 Å². The van der Waals surface area contributed by atoms with Gasteiger partial charge in [0.25, 0.3) is 0 Å². The van der Waals surface area contributed by atoms with E-state index in [0.717, 1.165) is 21.7 Å². The number of rotatable bonds is 3. The molecule has 1 aromatic carbocycles. The summed E-state index contributed by atoms with van der Waals surface area (Å²) in [6, 6.07) is 16.2. The fourth-order valence-electron chi connectivity index (χ4n) is 2.19. The van der Waals surface area contributed by atoms with Crippen molar-refractivity contribution >= 4 is 40.3 Å². The van der Waals surface area contributed by atoms with Gasteiger partial charge in [0.05, 0.1) is 11.8 Å². The monoisotopic (exact) mass is 320 g/mol. The fraction of sp³-hybridized carbons (Fsp3) is 0.0556. The summed E-state index contributed by atoms with van der Waals surface area (Å²) in [5.41, 5.74) is 2.70. The van der Waals surface area contributed by atoms with Crippen LogP contribution >= 0.6 is 23.6 Å². The minimum absolute atomic E-state index is 0.426. The molecule has 0 spiro atoms. The van der Waals surface area contributed by atoms with Gasteiger partial charge in [-0.25, -0.2) is 4.99 Å². The van der Waals surface area contributed by atoms with E-state index in [1.165, 1.54) is 0 Å². The molecule has 2 heterocycles. The van der Waals surface area contributed by atoms with Gasteiger partial charge >= 0.3 is 0 Å². The number of benzene rings is 1. The number of hydrogen-bond donors (Lipinski definition) is 0. The molecule has 1 unspecified atom stereocenters. The quantitative estimate of drug-likeness (QED) is 0.771. The molecule has 1 atom stereocenters. The van der Waals surface area contributed by atoms with Gasteiger partial charge in [-0.15, -0.1) is 11.3 Å². The Morgan fingerprint density at radius 1 is 1.14 bits per heavy atom. The molecule has 1 aliphatic rings. The molecule has 1 aromatic heterocycles. The molecular formula is C18H12N2S2. The van der Waals surface area contributed by atoms with Gasteiger partial charge in [0.2, 0.25) is 0 Å². The lowest BCUT2D eigenvalue weighted by atomic mass is 9.93. The van der Waals surface area contributed by atoms with E-state index in [1.807, 2.05) is 66.1 Å². The zero-order chi connectivity index (χ0) is 15.4. The number of nitrogens with zero attached hydrogens (tertiary/aromatic N) is 2. The molecule has 0 saturated heterocycles. The Bertz CT molecular complexity index is 807. The Hall–Kier alpha value is -2.35. The van der Waals surface area contributed by atoms with Crippen LogP contribution < -0.4 is 0 Å². The van der Waals surface area contributed by atoms with Gasteiger partial charge in [-0.1, -0.05) is 54.7 Å². The number of nitriles is 1. The molecule has 4 heteroatoms. The zero-order valence-electron chi connectivity index (χ0n) is 11.6. The summed E-state index contributed by atoms with van der Waals surface area (Å²) < 4.78 is 0. The molecule has 0 bridgehead atoms. The van der Waals surface area contributed by atoms with Gasteiger partial charge in [-0.2, -0.15) is 5.26 Å². The van der Waals surface area contributed by atoms with E-state index in [4.69, 9.17) is 12.2 Å². The average Bonchev–Trinajstić information content (AvgIpc) is 3.07. The highest BCUT2D eigenvalue weighted by Crippen LogP contribution is 2.24. The molecule has 2 aromatic rings. The van der Waals surface area contributed by atoms with Gasteiger partial charge < -0.3 is 0 Å². The lowest BCUT2D eigenvalue weighted by Crippen LogP contribution is -2.18. The highest BCUT2D eigenvalue weighted by atomic mass is 32.1. The maximum absolute atomic E-state index is 9.37. The largest absolute Gasteiger partial charge is 0.239 e. The van der Waals surface area contributed by atoms with Crippen molar-refractivity contribution in [1.29, 1.82) is 5.26 Å². The zero-order valence-corrected chi connectivity index (χ0v) is 13.3. The number of thiophene rings is 1. The smallest absolute Gasteiger partial charge is 0.125 e. The van der Waals surface area contributed by atoms with Crippen molar-refractivity contribution in [2.75, 3.05) is 0 Å². The van der Waals surface area contributed by atoms with Crippen LogP contribution in [0.15, 0.2) is 70.6 Å². The summed E-state index contributed by atoms with van der Waals surface area (Å²) >= 11 is 6.97. The third-order valence-corrected chi connectivity index (χ3v) is 4.46. The lowest BCUT2D eigenvalue weighted by molar-refractivity contribution is 1.08. The van der Waals surface area contributed by atoms with Crippen molar-refractivity contribution in [2.24, 2.45) is 10.9 Å². The lowest BCUT2D eigenvalue weighted by Gasteiger charge is -2.16. The summed E-state index contributed by atoms with van der Waals surface area (Å²) in [6.45, 7) is 0. The first-order chi connectivity index (χ1) is 10.8. The van der Waals surface area contributed by atoms with Gasteiger partial charge in [0.15, 0.2) is 0 Å².